The van der Waals surface area contributed by atoms with Crippen molar-refractivity contribution in [1.29, 1.82) is 0 Å². The van der Waals surface area contributed by atoms with Crippen molar-refractivity contribution in [3.8, 4) is 11.6 Å². The fourth-order valence-electron chi connectivity index (χ4n) is 2.29. The number of ether oxygens (including phenoxy) is 1. The summed E-state index contributed by atoms with van der Waals surface area (Å²) in [5, 5.41) is 13.9. The van der Waals surface area contributed by atoms with Crippen LogP contribution >= 0.6 is 11.6 Å². The van der Waals surface area contributed by atoms with Gasteiger partial charge in [-0.2, -0.15) is 0 Å². The predicted octanol–water partition coefficient (Wildman–Crippen LogP) is 5.00. The maximum atomic E-state index is 12.3. The Balaban J connectivity index is 1.72. The molecule has 0 unspecified atom stereocenters. The van der Waals surface area contributed by atoms with Gasteiger partial charge in [-0.25, -0.2) is 4.98 Å². The van der Waals surface area contributed by atoms with Crippen LogP contribution in [-0.2, 0) is 0 Å². The van der Waals surface area contributed by atoms with Crippen LogP contribution < -0.4 is 10.1 Å². The van der Waals surface area contributed by atoms with Crippen LogP contribution in [0, 0.1) is 17.0 Å². The average Bonchev–Trinajstić information content (AvgIpc) is 2.65. The van der Waals surface area contributed by atoms with Gasteiger partial charge in [-0.15, -0.1) is 0 Å². The Kier molecular flexibility index (Phi) is 5.33. The number of halogens is 1. The molecule has 2 aromatic carbocycles. The van der Waals surface area contributed by atoms with Crippen molar-refractivity contribution in [1.82, 2.24) is 4.98 Å². The van der Waals surface area contributed by atoms with E-state index in [-0.39, 0.29) is 16.3 Å². The number of aromatic nitrogens is 1. The topological polar surface area (TPSA) is 94.4 Å². The van der Waals surface area contributed by atoms with Crippen LogP contribution in [0.2, 0.25) is 5.02 Å². The Morgan fingerprint density at radius 3 is 2.52 bits per heavy atom. The Hall–Kier alpha value is -3.45. The first-order valence-electron chi connectivity index (χ1n) is 7.88. The second kappa shape index (κ2) is 7.84. The zero-order valence-electron chi connectivity index (χ0n) is 14.2. The minimum atomic E-state index is -0.655. The summed E-state index contributed by atoms with van der Waals surface area (Å²) in [5.41, 5.74) is 1.03. The van der Waals surface area contributed by atoms with E-state index >= 15 is 0 Å². The largest absolute Gasteiger partial charge is 0.439 e. The van der Waals surface area contributed by atoms with Crippen LogP contribution in [0.5, 0.6) is 11.6 Å². The lowest BCUT2D eigenvalue weighted by molar-refractivity contribution is -0.385. The van der Waals surface area contributed by atoms with E-state index in [9.17, 15) is 14.9 Å². The molecule has 0 bridgehead atoms. The fourth-order valence-corrected chi connectivity index (χ4v) is 2.45. The zero-order chi connectivity index (χ0) is 19.4. The van der Waals surface area contributed by atoms with Crippen molar-refractivity contribution in [3.05, 3.63) is 87.1 Å². The molecule has 0 saturated heterocycles. The summed E-state index contributed by atoms with van der Waals surface area (Å²) in [6.07, 6.45) is 1.41. The number of rotatable bonds is 5. The highest BCUT2D eigenvalue weighted by Gasteiger charge is 2.20. The van der Waals surface area contributed by atoms with Crippen molar-refractivity contribution in [2.24, 2.45) is 0 Å². The summed E-state index contributed by atoms with van der Waals surface area (Å²) in [6, 6.07) is 14.5. The number of nitro groups is 1. The highest BCUT2D eigenvalue weighted by atomic mass is 35.5. The van der Waals surface area contributed by atoms with Gasteiger partial charge in [-0.05, 0) is 37.3 Å². The molecule has 0 aliphatic heterocycles. The molecule has 1 amide bonds. The van der Waals surface area contributed by atoms with Crippen molar-refractivity contribution in [3.63, 3.8) is 0 Å². The lowest BCUT2D eigenvalue weighted by Crippen LogP contribution is -2.14. The Bertz CT molecular complexity index is 989. The molecule has 1 aromatic heterocycles. The minimum Gasteiger partial charge on any atom is -0.439 e. The normalized spacial score (nSPS) is 10.3. The van der Waals surface area contributed by atoms with Gasteiger partial charge in [0.2, 0.25) is 5.88 Å². The van der Waals surface area contributed by atoms with Crippen LogP contribution in [0.1, 0.15) is 15.9 Å². The van der Waals surface area contributed by atoms with E-state index in [1.165, 1.54) is 18.3 Å². The number of hydrogen-bond donors (Lipinski definition) is 1. The van der Waals surface area contributed by atoms with Crippen molar-refractivity contribution in [2.75, 3.05) is 5.32 Å². The van der Waals surface area contributed by atoms with Crippen LogP contribution in [0.4, 0.5) is 11.4 Å². The molecular formula is C19H14ClN3O4. The first kappa shape index (κ1) is 18.3. The summed E-state index contributed by atoms with van der Waals surface area (Å²) in [7, 11) is 0. The molecule has 0 aliphatic carbocycles. The number of carbonyl (C=O) groups excluding carboxylic acids is 1. The van der Waals surface area contributed by atoms with Crippen LogP contribution in [0.15, 0.2) is 60.8 Å². The standard InChI is InChI=1S/C19H14ClN3O4/c1-12-2-6-15(7-3-12)27-18-9-5-14(11-21-18)22-19(24)16-8-4-13(20)10-17(16)23(25)26/h2-11H,1H3,(H,22,24). The number of nitrogens with one attached hydrogen (secondary N) is 1. The Labute approximate surface area is 159 Å². The predicted molar refractivity (Wildman–Crippen MR) is 102 cm³/mol. The van der Waals surface area contributed by atoms with Crippen molar-refractivity contribution < 1.29 is 14.5 Å². The molecule has 0 radical (unpaired) electrons. The summed E-state index contributed by atoms with van der Waals surface area (Å²) in [6.45, 7) is 1.98. The van der Waals surface area contributed by atoms with E-state index < -0.39 is 10.8 Å². The maximum absolute atomic E-state index is 12.3. The van der Waals surface area contributed by atoms with Crippen molar-refractivity contribution >= 4 is 28.9 Å². The summed E-state index contributed by atoms with van der Waals surface area (Å²) < 4.78 is 5.61. The van der Waals surface area contributed by atoms with E-state index in [4.69, 9.17) is 16.3 Å². The first-order chi connectivity index (χ1) is 12.9. The SMILES string of the molecule is Cc1ccc(Oc2ccc(NC(=O)c3ccc(Cl)cc3[N+](=O)[O-])cn2)cc1. The van der Waals surface area contributed by atoms with Gasteiger partial charge in [0.05, 0.1) is 16.8 Å². The number of pyridine rings is 1. The second-order valence-electron chi connectivity index (χ2n) is 5.67. The Morgan fingerprint density at radius 1 is 1.15 bits per heavy atom. The fraction of sp³-hybridized carbons (Fsp3) is 0.0526. The smallest absolute Gasteiger partial charge is 0.283 e. The average molecular weight is 384 g/mol. The van der Waals surface area contributed by atoms with E-state index in [1.807, 2.05) is 31.2 Å². The second-order valence-corrected chi connectivity index (χ2v) is 6.11. The van der Waals surface area contributed by atoms with E-state index in [1.54, 1.807) is 12.1 Å². The van der Waals surface area contributed by atoms with Gasteiger partial charge >= 0.3 is 0 Å². The molecule has 0 atom stereocenters. The van der Waals surface area contributed by atoms with Gasteiger partial charge in [0, 0.05) is 17.2 Å². The van der Waals surface area contributed by atoms with E-state index in [0.717, 1.165) is 11.6 Å². The maximum Gasteiger partial charge on any atom is 0.283 e. The monoisotopic (exact) mass is 383 g/mol. The van der Waals surface area contributed by atoms with Gasteiger partial charge in [0.25, 0.3) is 11.6 Å². The Morgan fingerprint density at radius 2 is 1.89 bits per heavy atom. The number of aryl methyl sites for hydroxylation is 1. The molecule has 3 rings (SSSR count). The van der Waals surface area contributed by atoms with E-state index in [0.29, 0.717) is 17.3 Å². The van der Waals surface area contributed by atoms with Gasteiger partial charge in [-0.1, -0.05) is 29.3 Å². The van der Waals surface area contributed by atoms with Crippen LogP contribution in [-0.4, -0.2) is 15.8 Å². The number of hydrogen-bond acceptors (Lipinski definition) is 5. The number of nitrogens with zero attached hydrogens (tertiary/aromatic N) is 2. The molecule has 1 heterocycles. The molecule has 1 N–H and O–H groups in total. The summed E-state index contributed by atoms with van der Waals surface area (Å²) in [4.78, 5) is 26.9. The molecule has 0 aliphatic rings. The van der Waals surface area contributed by atoms with Gasteiger partial charge in [-0.3, -0.25) is 14.9 Å². The highest BCUT2D eigenvalue weighted by molar-refractivity contribution is 6.31. The lowest BCUT2D eigenvalue weighted by Gasteiger charge is -2.08. The third-order valence-electron chi connectivity index (χ3n) is 3.64. The molecule has 0 spiro atoms. The van der Waals surface area contributed by atoms with Crippen molar-refractivity contribution in [2.45, 2.75) is 6.92 Å². The number of benzene rings is 2. The number of carbonyl (C=O) groups is 1. The molecule has 27 heavy (non-hydrogen) atoms. The molecule has 8 heteroatoms. The molecule has 0 fully saturated rings. The molecule has 3 aromatic rings. The van der Waals surface area contributed by atoms with Gasteiger partial charge in [0.15, 0.2) is 0 Å². The quantitative estimate of drug-likeness (QED) is 0.494. The molecule has 0 saturated carbocycles. The highest BCUT2D eigenvalue weighted by Crippen LogP contribution is 2.25. The van der Waals surface area contributed by atoms with E-state index in [2.05, 4.69) is 10.3 Å². The molecule has 7 nitrogen and oxygen atoms in total. The van der Waals surface area contributed by atoms with Gasteiger partial charge in [0.1, 0.15) is 11.3 Å². The third-order valence-corrected chi connectivity index (χ3v) is 3.87. The summed E-state index contributed by atoms with van der Waals surface area (Å²) in [5.74, 6) is 0.364. The third kappa shape index (κ3) is 4.59. The number of nitro benzene ring substituents is 1. The number of anilines is 1. The zero-order valence-corrected chi connectivity index (χ0v) is 14.9. The molecular weight excluding hydrogens is 370 g/mol. The van der Waals surface area contributed by atoms with Crippen LogP contribution in [0.3, 0.4) is 0 Å². The lowest BCUT2D eigenvalue weighted by atomic mass is 10.1. The number of amides is 1. The van der Waals surface area contributed by atoms with Gasteiger partial charge < -0.3 is 10.1 Å². The molecule has 136 valence electrons. The first-order valence-corrected chi connectivity index (χ1v) is 8.26. The minimum absolute atomic E-state index is 0.0932. The van der Waals surface area contributed by atoms with Crippen LogP contribution in [0.25, 0.3) is 0 Å². The summed E-state index contributed by atoms with van der Waals surface area (Å²) >= 11 is 5.76.